The SMILES string of the molecule is Cc1cc(NC(=O)[C@@H](C)OC(=O)c2ccc(Cl)c(Cl)c2)on1. The summed E-state index contributed by atoms with van der Waals surface area (Å²) in [4.78, 5) is 23.8. The van der Waals surface area contributed by atoms with E-state index in [4.69, 9.17) is 32.5 Å². The average Bonchev–Trinajstić information content (AvgIpc) is 2.86. The predicted octanol–water partition coefficient (Wildman–Crippen LogP) is 3.47. The standard InChI is InChI=1S/C14H12Cl2N2O4/c1-7-5-12(22-18-7)17-13(19)8(2)21-14(20)9-3-4-10(15)11(16)6-9/h3-6,8H,1-2H3,(H,17,19)/t8-/m1/s1. The molecule has 0 aliphatic rings. The number of rotatable bonds is 4. The molecule has 1 aromatic carbocycles. The van der Waals surface area contributed by atoms with Crippen LogP contribution < -0.4 is 5.32 Å². The first-order chi connectivity index (χ1) is 10.4. The Bertz CT molecular complexity index is 715. The highest BCUT2D eigenvalue weighted by Gasteiger charge is 2.20. The first-order valence-corrected chi connectivity index (χ1v) is 7.02. The molecule has 0 saturated carbocycles. The van der Waals surface area contributed by atoms with Crippen LogP contribution in [-0.4, -0.2) is 23.1 Å². The largest absolute Gasteiger partial charge is 0.449 e. The number of anilines is 1. The molecule has 1 heterocycles. The van der Waals surface area contributed by atoms with E-state index >= 15 is 0 Å². The number of carbonyl (C=O) groups is 2. The molecule has 8 heteroatoms. The minimum absolute atomic E-state index is 0.180. The third-order valence-corrected chi connectivity index (χ3v) is 3.42. The van der Waals surface area contributed by atoms with E-state index in [1.165, 1.54) is 25.1 Å². The van der Waals surface area contributed by atoms with Gasteiger partial charge in [-0.2, -0.15) is 0 Å². The molecule has 6 nitrogen and oxygen atoms in total. The van der Waals surface area contributed by atoms with Crippen LogP contribution in [0.3, 0.4) is 0 Å². The summed E-state index contributed by atoms with van der Waals surface area (Å²) in [5.41, 5.74) is 0.820. The van der Waals surface area contributed by atoms with Crippen molar-refractivity contribution in [3.8, 4) is 0 Å². The zero-order valence-electron chi connectivity index (χ0n) is 11.7. The smallest absolute Gasteiger partial charge is 0.338 e. The van der Waals surface area contributed by atoms with E-state index in [2.05, 4.69) is 10.5 Å². The Morgan fingerprint density at radius 3 is 2.59 bits per heavy atom. The van der Waals surface area contributed by atoms with Gasteiger partial charge in [-0.1, -0.05) is 28.4 Å². The normalized spacial score (nSPS) is 11.8. The zero-order valence-corrected chi connectivity index (χ0v) is 13.2. The number of nitrogens with zero attached hydrogens (tertiary/aromatic N) is 1. The van der Waals surface area contributed by atoms with Gasteiger partial charge in [0.2, 0.25) is 5.88 Å². The van der Waals surface area contributed by atoms with E-state index in [9.17, 15) is 9.59 Å². The third kappa shape index (κ3) is 3.99. The molecule has 0 bridgehead atoms. The lowest BCUT2D eigenvalue weighted by Crippen LogP contribution is -2.29. The topological polar surface area (TPSA) is 81.4 Å². The molecule has 22 heavy (non-hydrogen) atoms. The molecule has 2 rings (SSSR count). The first kappa shape index (κ1) is 16.3. The molecule has 1 atom stereocenters. The number of amides is 1. The number of carbonyl (C=O) groups excluding carboxylic acids is 2. The maximum atomic E-state index is 11.9. The van der Waals surface area contributed by atoms with Crippen LogP contribution in [0.15, 0.2) is 28.8 Å². The Morgan fingerprint density at radius 1 is 1.27 bits per heavy atom. The summed E-state index contributed by atoms with van der Waals surface area (Å²) >= 11 is 11.6. The molecule has 1 N–H and O–H groups in total. The van der Waals surface area contributed by atoms with Crippen molar-refractivity contribution in [3.63, 3.8) is 0 Å². The van der Waals surface area contributed by atoms with Crippen molar-refractivity contribution < 1.29 is 18.8 Å². The van der Waals surface area contributed by atoms with Crippen LogP contribution in [0.1, 0.15) is 23.0 Å². The zero-order chi connectivity index (χ0) is 16.3. The quantitative estimate of drug-likeness (QED) is 0.860. The summed E-state index contributed by atoms with van der Waals surface area (Å²) in [5.74, 6) is -1.04. The molecule has 0 fully saturated rings. The second-order valence-corrected chi connectivity index (χ2v) is 5.31. The van der Waals surface area contributed by atoms with Crippen LogP contribution in [0, 0.1) is 6.92 Å². The predicted molar refractivity (Wildman–Crippen MR) is 81.2 cm³/mol. The number of halogens is 2. The monoisotopic (exact) mass is 342 g/mol. The lowest BCUT2D eigenvalue weighted by molar-refractivity contribution is -0.123. The van der Waals surface area contributed by atoms with Gasteiger partial charge in [0.1, 0.15) is 0 Å². The van der Waals surface area contributed by atoms with Crippen LogP contribution in [0.4, 0.5) is 5.88 Å². The van der Waals surface area contributed by atoms with Gasteiger partial charge in [-0.25, -0.2) is 4.79 Å². The fourth-order valence-corrected chi connectivity index (χ4v) is 1.85. The number of benzene rings is 1. The van der Waals surface area contributed by atoms with Crippen LogP contribution >= 0.6 is 23.2 Å². The van der Waals surface area contributed by atoms with Crippen LogP contribution in [0.5, 0.6) is 0 Å². The van der Waals surface area contributed by atoms with Crippen molar-refractivity contribution in [2.45, 2.75) is 20.0 Å². The van der Waals surface area contributed by atoms with E-state index in [-0.39, 0.29) is 16.5 Å². The van der Waals surface area contributed by atoms with E-state index < -0.39 is 18.0 Å². The number of ether oxygens (including phenoxy) is 1. The second-order valence-electron chi connectivity index (χ2n) is 4.50. The highest BCUT2D eigenvalue weighted by molar-refractivity contribution is 6.42. The molecular weight excluding hydrogens is 331 g/mol. The summed E-state index contributed by atoms with van der Waals surface area (Å²) in [6.07, 6.45) is -1.02. The van der Waals surface area contributed by atoms with Crippen molar-refractivity contribution >= 4 is 41.0 Å². The van der Waals surface area contributed by atoms with E-state index in [0.717, 1.165) is 0 Å². The molecular formula is C14H12Cl2N2O4. The molecule has 1 aromatic heterocycles. The summed E-state index contributed by atoms with van der Waals surface area (Å²) in [7, 11) is 0. The number of esters is 1. The van der Waals surface area contributed by atoms with E-state index in [1.807, 2.05) is 0 Å². The number of hydrogen-bond donors (Lipinski definition) is 1. The summed E-state index contributed by atoms with van der Waals surface area (Å²) in [6.45, 7) is 3.15. The van der Waals surface area contributed by atoms with Gasteiger partial charge in [0.15, 0.2) is 6.10 Å². The van der Waals surface area contributed by atoms with Gasteiger partial charge in [-0.15, -0.1) is 0 Å². The lowest BCUT2D eigenvalue weighted by Gasteiger charge is -2.12. The van der Waals surface area contributed by atoms with Gasteiger partial charge in [0.25, 0.3) is 5.91 Å². The summed E-state index contributed by atoms with van der Waals surface area (Å²) < 4.78 is 9.91. The molecule has 0 unspecified atom stereocenters. The number of hydrogen-bond acceptors (Lipinski definition) is 5. The number of aromatic nitrogens is 1. The lowest BCUT2D eigenvalue weighted by atomic mass is 10.2. The fraction of sp³-hybridized carbons (Fsp3) is 0.214. The summed E-state index contributed by atoms with van der Waals surface area (Å²) in [6, 6.07) is 5.85. The Labute approximate surface area is 136 Å². The molecule has 2 aromatic rings. The molecule has 0 saturated heterocycles. The second kappa shape index (κ2) is 6.81. The Kier molecular flexibility index (Phi) is 5.05. The van der Waals surface area contributed by atoms with Gasteiger partial charge < -0.3 is 9.26 Å². The van der Waals surface area contributed by atoms with Gasteiger partial charge in [-0.05, 0) is 32.0 Å². The minimum atomic E-state index is -1.02. The third-order valence-electron chi connectivity index (χ3n) is 2.68. The van der Waals surface area contributed by atoms with Crippen molar-refractivity contribution in [1.82, 2.24) is 5.16 Å². The molecule has 0 spiro atoms. The van der Waals surface area contributed by atoms with E-state index in [0.29, 0.717) is 10.7 Å². The number of nitrogens with one attached hydrogen (secondary N) is 1. The van der Waals surface area contributed by atoms with Crippen molar-refractivity contribution in [2.75, 3.05) is 5.32 Å². The Hall–Kier alpha value is -2.05. The highest BCUT2D eigenvalue weighted by atomic mass is 35.5. The molecule has 0 aliphatic heterocycles. The van der Waals surface area contributed by atoms with Crippen molar-refractivity contribution in [2.24, 2.45) is 0 Å². The van der Waals surface area contributed by atoms with Crippen LogP contribution in [0.2, 0.25) is 10.0 Å². The Morgan fingerprint density at radius 2 is 2.00 bits per heavy atom. The van der Waals surface area contributed by atoms with Crippen molar-refractivity contribution in [3.05, 3.63) is 45.6 Å². The Balaban J connectivity index is 1.98. The van der Waals surface area contributed by atoms with Crippen LogP contribution in [-0.2, 0) is 9.53 Å². The average molecular weight is 343 g/mol. The maximum absolute atomic E-state index is 11.9. The maximum Gasteiger partial charge on any atom is 0.338 e. The molecule has 116 valence electrons. The van der Waals surface area contributed by atoms with Gasteiger partial charge >= 0.3 is 5.97 Å². The molecule has 1 amide bonds. The van der Waals surface area contributed by atoms with Crippen LogP contribution in [0.25, 0.3) is 0 Å². The van der Waals surface area contributed by atoms with Gasteiger partial charge in [0.05, 0.1) is 21.3 Å². The van der Waals surface area contributed by atoms with Crippen molar-refractivity contribution in [1.29, 1.82) is 0 Å². The van der Waals surface area contributed by atoms with E-state index in [1.54, 1.807) is 13.0 Å². The fourth-order valence-electron chi connectivity index (χ4n) is 1.55. The van der Waals surface area contributed by atoms with Gasteiger partial charge in [0, 0.05) is 6.07 Å². The summed E-state index contributed by atoms with van der Waals surface area (Å²) in [5, 5.41) is 6.63. The van der Waals surface area contributed by atoms with Gasteiger partial charge in [-0.3, -0.25) is 10.1 Å². The highest BCUT2D eigenvalue weighted by Crippen LogP contribution is 2.23. The number of aryl methyl sites for hydroxylation is 1. The molecule has 0 aliphatic carbocycles. The molecule has 0 radical (unpaired) electrons. The first-order valence-electron chi connectivity index (χ1n) is 6.27. The minimum Gasteiger partial charge on any atom is -0.449 e.